The van der Waals surface area contributed by atoms with E-state index in [2.05, 4.69) is 6.07 Å². The predicted octanol–water partition coefficient (Wildman–Crippen LogP) is 2.57. The summed E-state index contributed by atoms with van der Waals surface area (Å²) < 4.78 is 5.55. The molecule has 0 spiro atoms. The molecular formula is C16H18N2O2. The van der Waals surface area contributed by atoms with Gasteiger partial charge >= 0.3 is 0 Å². The Hall–Kier alpha value is -2.07. The topological polar surface area (TPSA) is 59.5 Å². The zero-order valence-electron chi connectivity index (χ0n) is 11.5. The van der Waals surface area contributed by atoms with Crippen molar-refractivity contribution in [3.05, 3.63) is 53.5 Å². The van der Waals surface area contributed by atoms with E-state index in [1.54, 1.807) is 4.90 Å². The second kappa shape index (κ2) is 5.13. The van der Waals surface area contributed by atoms with E-state index in [-0.39, 0.29) is 11.9 Å². The van der Waals surface area contributed by atoms with Crippen LogP contribution in [0.25, 0.3) is 0 Å². The fraction of sp³-hybridized carbons (Fsp3) is 0.312. The fourth-order valence-electron chi connectivity index (χ4n) is 2.64. The molecule has 2 heterocycles. The first kappa shape index (κ1) is 12.9. The van der Waals surface area contributed by atoms with Gasteiger partial charge in [-0.05, 0) is 37.1 Å². The average Bonchev–Trinajstić information content (AvgIpc) is 2.89. The van der Waals surface area contributed by atoms with Crippen LogP contribution in [-0.4, -0.2) is 12.5 Å². The normalized spacial score (nSPS) is 16.1. The number of aryl methyl sites for hydroxylation is 2. The highest BCUT2D eigenvalue weighted by Crippen LogP contribution is 2.29. The van der Waals surface area contributed by atoms with Crippen LogP contribution in [0.5, 0.6) is 0 Å². The Labute approximate surface area is 118 Å². The minimum atomic E-state index is -0.307. The van der Waals surface area contributed by atoms with Crippen LogP contribution in [0.15, 0.2) is 40.8 Å². The number of furan rings is 1. The van der Waals surface area contributed by atoms with E-state index in [4.69, 9.17) is 10.2 Å². The van der Waals surface area contributed by atoms with Gasteiger partial charge in [-0.3, -0.25) is 4.79 Å². The third-order valence-corrected chi connectivity index (χ3v) is 3.70. The number of nitrogens with two attached hydrogens (primary N) is 1. The standard InChI is InChI=1S/C16H18N2O2/c1-11-6-8-15(20-11)13(17)10-18-14-5-3-2-4-12(14)7-9-16(18)19/h2-6,8,13H,7,9-10,17H2,1H3. The molecule has 0 bridgehead atoms. The van der Waals surface area contributed by atoms with Crippen LogP contribution in [0.2, 0.25) is 0 Å². The maximum atomic E-state index is 12.2. The molecule has 1 aliphatic rings. The van der Waals surface area contributed by atoms with Gasteiger partial charge in [-0.25, -0.2) is 0 Å². The molecule has 104 valence electrons. The van der Waals surface area contributed by atoms with Crippen molar-refractivity contribution in [2.45, 2.75) is 25.8 Å². The van der Waals surface area contributed by atoms with E-state index in [0.717, 1.165) is 23.6 Å². The van der Waals surface area contributed by atoms with E-state index in [9.17, 15) is 4.79 Å². The second-order valence-corrected chi connectivity index (χ2v) is 5.19. The molecule has 0 aliphatic carbocycles. The van der Waals surface area contributed by atoms with Gasteiger partial charge in [0.25, 0.3) is 0 Å². The summed E-state index contributed by atoms with van der Waals surface area (Å²) in [4.78, 5) is 13.9. The molecule has 2 N–H and O–H groups in total. The number of anilines is 1. The molecule has 0 fully saturated rings. The molecule has 2 aromatic rings. The summed E-state index contributed by atoms with van der Waals surface area (Å²) in [6.07, 6.45) is 1.35. The molecule has 0 radical (unpaired) electrons. The zero-order chi connectivity index (χ0) is 14.1. The van der Waals surface area contributed by atoms with Crippen LogP contribution in [0.1, 0.15) is 29.5 Å². The Kier molecular flexibility index (Phi) is 3.32. The fourth-order valence-corrected chi connectivity index (χ4v) is 2.64. The number of benzene rings is 1. The third-order valence-electron chi connectivity index (χ3n) is 3.70. The van der Waals surface area contributed by atoms with Crippen LogP contribution in [0.3, 0.4) is 0 Å². The quantitative estimate of drug-likeness (QED) is 0.932. The van der Waals surface area contributed by atoms with E-state index in [1.807, 2.05) is 37.3 Å². The minimum absolute atomic E-state index is 0.127. The summed E-state index contributed by atoms with van der Waals surface area (Å²) in [5.41, 5.74) is 8.35. The lowest BCUT2D eigenvalue weighted by molar-refractivity contribution is -0.119. The van der Waals surface area contributed by atoms with Gasteiger partial charge in [0.15, 0.2) is 0 Å². The van der Waals surface area contributed by atoms with Crippen molar-refractivity contribution < 1.29 is 9.21 Å². The van der Waals surface area contributed by atoms with Gasteiger partial charge in [-0.1, -0.05) is 18.2 Å². The van der Waals surface area contributed by atoms with Crippen LogP contribution < -0.4 is 10.6 Å². The van der Waals surface area contributed by atoms with Crippen molar-refractivity contribution >= 4 is 11.6 Å². The number of rotatable bonds is 3. The van der Waals surface area contributed by atoms with Gasteiger partial charge in [0, 0.05) is 18.7 Å². The maximum Gasteiger partial charge on any atom is 0.227 e. The Balaban J connectivity index is 1.84. The van der Waals surface area contributed by atoms with Crippen LogP contribution in [-0.2, 0) is 11.2 Å². The summed E-state index contributed by atoms with van der Waals surface area (Å²) in [5, 5.41) is 0. The Morgan fingerprint density at radius 2 is 2.05 bits per heavy atom. The number of para-hydroxylation sites is 1. The largest absolute Gasteiger partial charge is 0.465 e. The number of hydrogen-bond acceptors (Lipinski definition) is 3. The number of carbonyl (C=O) groups is 1. The molecule has 3 rings (SSSR count). The van der Waals surface area contributed by atoms with Crippen molar-refractivity contribution in [1.29, 1.82) is 0 Å². The number of fused-ring (bicyclic) bond motifs is 1. The molecular weight excluding hydrogens is 252 g/mol. The van der Waals surface area contributed by atoms with Crippen molar-refractivity contribution in [2.75, 3.05) is 11.4 Å². The van der Waals surface area contributed by atoms with Crippen molar-refractivity contribution in [2.24, 2.45) is 5.73 Å². The first-order valence-electron chi connectivity index (χ1n) is 6.85. The molecule has 0 saturated carbocycles. The van der Waals surface area contributed by atoms with Gasteiger partial charge in [-0.2, -0.15) is 0 Å². The summed E-state index contributed by atoms with van der Waals surface area (Å²) in [5.74, 6) is 1.68. The number of nitrogens with zero attached hydrogens (tertiary/aromatic N) is 1. The highest BCUT2D eigenvalue weighted by atomic mass is 16.3. The third kappa shape index (κ3) is 2.34. The van der Waals surface area contributed by atoms with Gasteiger partial charge in [-0.15, -0.1) is 0 Å². The molecule has 1 amide bonds. The predicted molar refractivity (Wildman–Crippen MR) is 77.5 cm³/mol. The van der Waals surface area contributed by atoms with Gasteiger partial charge in [0.1, 0.15) is 11.5 Å². The number of hydrogen-bond donors (Lipinski definition) is 1. The van der Waals surface area contributed by atoms with Gasteiger partial charge < -0.3 is 15.1 Å². The lowest BCUT2D eigenvalue weighted by Gasteiger charge is -2.31. The van der Waals surface area contributed by atoms with E-state index in [0.29, 0.717) is 13.0 Å². The molecule has 1 aliphatic heterocycles. The number of carbonyl (C=O) groups excluding carboxylic acids is 1. The average molecular weight is 270 g/mol. The summed E-state index contributed by atoms with van der Waals surface area (Å²) in [6.45, 7) is 2.33. The molecule has 4 heteroatoms. The SMILES string of the molecule is Cc1ccc(C(N)CN2C(=O)CCc3ccccc32)o1. The molecule has 1 aromatic heterocycles. The summed E-state index contributed by atoms with van der Waals surface area (Å²) in [7, 11) is 0. The Morgan fingerprint density at radius 1 is 1.25 bits per heavy atom. The van der Waals surface area contributed by atoms with Crippen molar-refractivity contribution in [3.63, 3.8) is 0 Å². The summed E-state index contributed by atoms with van der Waals surface area (Å²) in [6, 6.07) is 11.5. The highest BCUT2D eigenvalue weighted by molar-refractivity contribution is 5.96. The number of amides is 1. The molecule has 1 atom stereocenters. The molecule has 1 aromatic carbocycles. The molecule has 0 saturated heterocycles. The van der Waals surface area contributed by atoms with E-state index in [1.165, 1.54) is 5.56 Å². The molecule has 20 heavy (non-hydrogen) atoms. The minimum Gasteiger partial charge on any atom is -0.465 e. The van der Waals surface area contributed by atoms with Crippen LogP contribution in [0, 0.1) is 6.92 Å². The summed E-state index contributed by atoms with van der Waals surface area (Å²) >= 11 is 0. The zero-order valence-corrected chi connectivity index (χ0v) is 11.5. The van der Waals surface area contributed by atoms with Crippen LogP contribution in [0.4, 0.5) is 5.69 Å². The maximum absolute atomic E-state index is 12.2. The first-order chi connectivity index (χ1) is 9.65. The lowest BCUT2D eigenvalue weighted by atomic mass is 10.0. The smallest absolute Gasteiger partial charge is 0.227 e. The highest BCUT2D eigenvalue weighted by Gasteiger charge is 2.26. The van der Waals surface area contributed by atoms with Gasteiger partial charge in [0.2, 0.25) is 5.91 Å². The van der Waals surface area contributed by atoms with Crippen LogP contribution >= 0.6 is 0 Å². The first-order valence-corrected chi connectivity index (χ1v) is 6.85. The molecule has 1 unspecified atom stereocenters. The molecule has 4 nitrogen and oxygen atoms in total. The van der Waals surface area contributed by atoms with E-state index >= 15 is 0 Å². The van der Waals surface area contributed by atoms with E-state index < -0.39 is 0 Å². The van der Waals surface area contributed by atoms with Gasteiger partial charge in [0.05, 0.1) is 6.04 Å². The monoisotopic (exact) mass is 270 g/mol. The Bertz CT molecular complexity index is 633. The lowest BCUT2D eigenvalue weighted by Crippen LogP contribution is -2.40. The van der Waals surface area contributed by atoms with Crippen molar-refractivity contribution in [1.82, 2.24) is 0 Å². The van der Waals surface area contributed by atoms with Crippen molar-refractivity contribution in [3.8, 4) is 0 Å². The Morgan fingerprint density at radius 3 is 2.80 bits per heavy atom. The second-order valence-electron chi connectivity index (χ2n) is 5.19.